The van der Waals surface area contributed by atoms with Crippen LogP contribution in [0.1, 0.15) is 16.1 Å². The van der Waals surface area contributed by atoms with Crippen LogP contribution in [0.15, 0.2) is 73.4 Å². The number of imidazole rings is 1. The van der Waals surface area contributed by atoms with Crippen molar-refractivity contribution in [3.63, 3.8) is 0 Å². The number of hydrogen-bond donors (Lipinski definition) is 2. The van der Waals surface area contributed by atoms with Crippen LogP contribution in [-0.4, -0.2) is 128 Å². The van der Waals surface area contributed by atoms with Crippen molar-refractivity contribution in [3.05, 3.63) is 89.7 Å². The normalized spacial score (nSPS) is 16.6. The fourth-order valence-corrected chi connectivity index (χ4v) is 9.83. The van der Waals surface area contributed by atoms with E-state index in [1.165, 1.54) is 0 Å². The van der Waals surface area contributed by atoms with Gasteiger partial charge >= 0.3 is 0 Å². The van der Waals surface area contributed by atoms with Gasteiger partial charge in [0.05, 0.1) is 75.2 Å². The lowest BCUT2D eigenvalue weighted by molar-refractivity contribution is 0.0771. The number of carbonyl (C=O) groups is 1. The van der Waals surface area contributed by atoms with Gasteiger partial charge in [-0.05, 0) is 37.6 Å². The number of anilines is 4. The number of amides is 1. The standard InChI is InChI=1S/C19H22N5O3P.C18H22ClN6O2P/c1-27-17-6-4-3-5-15(17)22-18-11-16-14(12-21-24(16)13-20-18)19(25)23-7-9-28(2,26)10-8-23;1-27-16-9-13(19)3-4-15(16)22-18-21-11-17-20-10-14(25(17)23-18)12-24-5-7-28(2,26)8-6-24/h3-6,11-13,22H,7-10H2,1-2H3;3-4,9-11H,5-8,12H2,1-2H3,(H,22,23). The number of nitrogens with one attached hydrogen (secondary N) is 2. The van der Waals surface area contributed by atoms with Crippen LogP contribution >= 0.6 is 25.9 Å². The van der Waals surface area contributed by atoms with Gasteiger partial charge in [0.25, 0.3) is 5.91 Å². The van der Waals surface area contributed by atoms with Crippen LogP contribution in [0.4, 0.5) is 23.1 Å². The summed E-state index contributed by atoms with van der Waals surface area (Å²) in [4.78, 5) is 30.1. The van der Waals surface area contributed by atoms with Gasteiger partial charge in [0, 0.05) is 74.5 Å². The van der Waals surface area contributed by atoms with Crippen molar-refractivity contribution in [3.8, 4) is 11.5 Å². The number of methoxy groups -OCH3 is 2. The maximum Gasteiger partial charge on any atom is 0.257 e. The highest BCUT2D eigenvalue weighted by Crippen LogP contribution is 2.44. The summed E-state index contributed by atoms with van der Waals surface area (Å²) >= 11 is 6.02. The van der Waals surface area contributed by atoms with Gasteiger partial charge in [-0.25, -0.2) is 24.0 Å². The second kappa shape index (κ2) is 16.6. The number of hydrogen-bond acceptors (Lipinski definition) is 13. The van der Waals surface area contributed by atoms with E-state index in [4.69, 9.17) is 21.1 Å². The van der Waals surface area contributed by atoms with Gasteiger partial charge in [-0.1, -0.05) is 23.7 Å². The summed E-state index contributed by atoms with van der Waals surface area (Å²) in [6.07, 6.45) is 9.30. The summed E-state index contributed by atoms with van der Waals surface area (Å²) in [5, 5.41) is 15.8. The molecule has 0 spiro atoms. The van der Waals surface area contributed by atoms with E-state index in [0.717, 1.165) is 42.5 Å². The number of halogens is 1. The monoisotopic (exact) mass is 819 g/mol. The number of nitrogens with zero attached hydrogens (tertiary/aromatic N) is 9. The van der Waals surface area contributed by atoms with Crippen molar-refractivity contribution in [2.24, 2.45) is 0 Å². The maximum atomic E-state index is 13.0. The molecule has 8 rings (SSSR count). The van der Waals surface area contributed by atoms with Gasteiger partial charge in [0.1, 0.15) is 23.6 Å². The third-order valence-electron chi connectivity index (χ3n) is 9.89. The SMILES string of the molecule is COc1cc(Cl)ccc1Nc1ncc2ncc(CN3CCP(C)(=O)CC3)n2n1.COc1ccccc1Nc1cc2c(C(=O)N3CCP(C)(=O)CC3)cnn2cn1. The van der Waals surface area contributed by atoms with Crippen molar-refractivity contribution in [1.29, 1.82) is 0 Å². The van der Waals surface area contributed by atoms with E-state index in [1.807, 2.05) is 49.9 Å². The maximum absolute atomic E-state index is 13.0. The van der Waals surface area contributed by atoms with Crippen molar-refractivity contribution >= 4 is 66.1 Å². The first-order chi connectivity index (χ1) is 26.9. The van der Waals surface area contributed by atoms with E-state index in [9.17, 15) is 13.9 Å². The quantitative estimate of drug-likeness (QED) is 0.157. The summed E-state index contributed by atoms with van der Waals surface area (Å²) in [7, 11) is -0.835. The molecule has 6 heterocycles. The molecule has 1 amide bonds. The van der Waals surface area contributed by atoms with E-state index >= 15 is 0 Å². The molecule has 2 saturated heterocycles. The lowest BCUT2D eigenvalue weighted by Gasteiger charge is -2.30. The molecular weight excluding hydrogens is 776 g/mol. The minimum absolute atomic E-state index is 0.0934. The van der Waals surface area contributed by atoms with E-state index in [1.54, 1.807) is 65.1 Å². The molecule has 0 aliphatic carbocycles. The smallest absolute Gasteiger partial charge is 0.257 e. The summed E-state index contributed by atoms with van der Waals surface area (Å²) in [5.41, 5.74) is 4.34. The van der Waals surface area contributed by atoms with Crippen LogP contribution in [0.25, 0.3) is 11.2 Å². The minimum atomic E-state index is -2.09. The number of aromatic nitrogens is 7. The molecule has 2 aliphatic rings. The van der Waals surface area contributed by atoms with Crippen LogP contribution in [0.2, 0.25) is 5.02 Å². The molecule has 2 fully saturated rings. The largest absolute Gasteiger partial charge is 0.495 e. The molecule has 2 aromatic carbocycles. The number of para-hydroxylation sites is 2. The highest BCUT2D eigenvalue weighted by atomic mass is 35.5. The molecule has 56 heavy (non-hydrogen) atoms. The topological polar surface area (TPSA) is 173 Å². The number of rotatable bonds is 9. The predicted molar refractivity (Wildman–Crippen MR) is 219 cm³/mol. The zero-order valence-corrected chi connectivity index (χ0v) is 34.2. The third kappa shape index (κ3) is 9.16. The van der Waals surface area contributed by atoms with Crippen molar-refractivity contribution in [2.75, 3.05) is 89.0 Å². The summed E-state index contributed by atoms with van der Waals surface area (Å²) in [6, 6.07) is 14.7. The fourth-order valence-electron chi connectivity index (χ4n) is 6.48. The molecule has 0 radical (unpaired) electrons. The van der Waals surface area contributed by atoms with Crippen LogP contribution in [0.5, 0.6) is 11.5 Å². The highest BCUT2D eigenvalue weighted by Gasteiger charge is 2.29. The number of carbonyl (C=O) groups excluding carboxylic acids is 1. The Balaban J connectivity index is 0.000000172. The fraction of sp³-hybridized carbons (Fsp3) is 0.351. The predicted octanol–water partition coefficient (Wildman–Crippen LogP) is 6.27. The van der Waals surface area contributed by atoms with E-state index in [0.29, 0.717) is 77.0 Å². The molecule has 6 aromatic rings. The number of benzene rings is 2. The Kier molecular flexibility index (Phi) is 11.6. The molecule has 0 atom stereocenters. The molecule has 2 aliphatic heterocycles. The van der Waals surface area contributed by atoms with Gasteiger partial charge in [-0.2, -0.15) is 5.10 Å². The Morgan fingerprint density at radius 1 is 0.821 bits per heavy atom. The first-order valence-corrected chi connectivity index (χ1v) is 23.5. The number of ether oxygens (including phenoxy) is 2. The van der Waals surface area contributed by atoms with Gasteiger partial charge < -0.3 is 34.1 Å². The molecule has 19 heteroatoms. The third-order valence-corrected chi connectivity index (χ3v) is 14.7. The van der Waals surface area contributed by atoms with Crippen molar-refractivity contribution in [1.82, 2.24) is 44.0 Å². The van der Waals surface area contributed by atoms with Crippen molar-refractivity contribution in [2.45, 2.75) is 6.54 Å². The molecule has 16 nitrogen and oxygen atoms in total. The van der Waals surface area contributed by atoms with E-state index in [2.05, 4.69) is 40.7 Å². The van der Waals surface area contributed by atoms with E-state index in [-0.39, 0.29) is 5.91 Å². The summed E-state index contributed by atoms with van der Waals surface area (Å²) < 4.78 is 38.5. The molecule has 2 N–H and O–H groups in total. The zero-order valence-electron chi connectivity index (χ0n) is 31.6. The minimum Gasteiger partial charge on any atom is -0.495 e. The molecule has 0 bridgehead atoms. The Bertz CT molecular complexity index is 2450. The van der Waals surface area contributed by atoms with Gasteiger partial charge in [-0.15, -0.1) is 5.10 Å². The Labute approximate surface area is 329 Å². The van der Waals surface area contributed by atoms with Crippen LogP contribution in [-0.2, 0) is 15.7 Å². The van der Waals surface area contributed by atoms with Gasteiger partial charge in [0.2, 0.25) is 5.95 Å². The summed E-state index contributed by atoms with van der Waals surface area (Å²) in [5.74, 6) is 2.24. The van der Waals surface area contributed by atoms with Crippen LogP contribution in [0.3, 0.4) is 0 Å². The average Bonchev–Trinajstić information content (AvgIpc) is 3.80. The lowest BCUT2D eigenvalue weighted by Crippen LogP contribution is -2.39. The Morgan fingerprint density at radius 3 is 2.25 bits per heavy atom. The Hall–Kier alpha value is -5.01. The second-order valence-corrected chi connectivity index (χ2v) is 21.5. The number of fused-ring (bicyclic) bond motifs is 2. The summed E-state index contributed by atoms with van der Waals surface area (Å²) in [6.45, 7) is 7.11. The van der Waals surface area contributed by atoms with Crippen LogP contribution < -0.4 is 20.1 Å². The average molecular weight is 820 g/mol. The molecule has 294 valence electrons. The molecule has 4 aromatic heterocycles. The van der Waals surface area contributed by atoms with Gasteiger partial charge in [0.15, 0.2) is 5.65 Å². The zero-order chi connectivity index (χ0) is 39.5. The first kappa shape index (κ1) is 39.2. The molecule has 0 unspecified atom stereocenters. The first-order valence-electron chi connectivity index (χ1n) is 18.1. The van der Waals surface area contributed by atoms with Gasteiger partial charge in [-0.3, -0.25) is 9.69 Å². The van der Waals surface area contributed by atoms with Crippen LogP contribution in [0, 0.1) is 0 Å². The lowest BCUT2D eigenvalue weighted by atomic mass is 10.2. The highest BCUT2D eigenvalue weighted by molar-refractivity contribution is 7.63. The molecular formula is C37H44ClN11O5P2. The Morgan fingerprint density at radius 2 is 1.52 bits per heavy atom. The second-order valence-electron chi connectivity index (χ2n) is 14.1. The van der Waals surface area contributed by atoms with E-state index < -0.39 is 14.3 Å². The van der Waals surface area contributed by atoms with Crippen molar-refractivity contribution < 1.29 is 23.4 Å². The molecule has 0 saturated carbocycles.